The van der Waals surface area contributed by atoms with Crippen LogP contribution < -0.4 is 10.6 Å². The van der Waals surface area contributed by atoms with Crippen LogP contribution in [0.25, 0.3) is 0 Å². The summed E-state index contributed by atoms with van der Waals surface area (Å²) in [7, 11) is 1.61. The molecule has 0 aromatic heterocycles. The second-order valence-electron chi connectivity index (χ2n) is 10.0. The molecule has 2 heterocycles. The van der Waals surface area contributed by atoms with E-state index in [-0.39, 0.29) is 24.9 Å². The topological polar surface area (TPSA) is 94.2 Å². The number of benzene rings is 2. The summed E-state index contributed by atoms with van der Waals surface area (Å²) in [5.74, 6) is -0.505. The average Bonchev–Trinajstić information content (AvgIpc) is 3.17. The second kappa shape index (κ2) is 12.6. The Bertz CT molecular complexity index is 1310. The number of aryl methyl sites for hydroxylation is 1. The van der Waals surface area contributed by atoms with Crippen LogP contribution in [0.3, 0.4) is 0 Å². The lowest BCUT2D eigenvalue weighted by molar-refractivity contribution is -0.139. The number of carbonyl (C=O) groups is 3. The normalized spacial score (nSPS) is 18.6. The van der Waals surface area contributed by atoms with Crippen molar-refractivity contribution in [3.8, 4) is 0 Å². The van der Waals surface area contributed by atoms with E-state index in [2.05, 4.69) is 15.5 Å². The van der Waals surface area contributed by atoms with E-state index in [0.29, 0.717) is 43.9 Å². The van der Waals surface area contributed by atoms with Crippen LogP contribution in [-0.2, 0) is 15.7 Å². The van der Waals surface area contributed by atoms with E-state index in [1.165, 1.54) is 17.0 Å². The Morgan fingerprint density at radius 2 is 1.76 bits per heavy atom. The molecule has 1 atom stereocenters. The number of alkyl halides is 3. The number of ether oxygens (including phenoxy) is 1. The number of anilines is 1. The molecule has 2 aliphatic heterocycles. The Morgan fingerprint density at radius 1 is 1.05 bits per heavy atom. The minimum atomic E-state index is -4.45. The summed E-state index contributed by atoms with van der Waals surface area (Å²) in [6.45, 7) is 5.97. The minimum Gasteiger partial charge on any atom is -0.463 e. The van der Waals surface area contributed by atoms with Crippen LogP contribution in [0.5, 0.6) is 0 Å². The Morgan fingerprint density at radius 3 is 2.41 bits per heavy atom. The second-order valence-corrected chi connectivity index (χ2v) is 10.0. The number of rotatable bonds is 6. The van der Waals surface area contributed by atoms with Gasteiger partial charge in [-0.05, 0) is 55.7 Å². The van der Waals surface area contributed by atoms with Crippen LogP contribution >= 0.6 is 0 Å². The molecule has 2 aromatic rings. The number of carbonyl (C=O) groups excluding carboxylic acids is 3. The summed E-state index contributed by atoms with van der Waals surface area (Å²) in [4.78, 5) is 44.3. The van der Waals surface area contributed by atoms with Gasteiger partial charge in [0.25, 0.3) is 0 Å². The average molecular weight is 574 g/mol. The molecule has 0 aliphatic carbocycles. The molecule has 0 spiro atoms. The van der Waals surface area contributed by atoms with Gasteiger partial charge in [0.1, 0.15) is 0 Å². The number of hydrogen-bond donors (Lipinski definition) is 2. The van der Waals surface area contributed by atoms with Crippen LogP contribution in [0.2, 0.25) is 0 Å². The number of likely N-dealkylation sites (N-methyl/N-ethyl adjacent to an activating group) is 1. The predicted octanol–water partition coefficient (Wildman–Crippen LogP) is 4.77. The van der Waals surface area contributed by atoms with Crippen LogP contribution in [0.1, 0.15) is 36.1 Å². The first kappa shape index (κ1) is 29.9. The third-order valence-electron chi connectivity index (χ3n) is 7.28. The third kappa shape index (κ3) is 6.99. The van der Waals surface area contributed by atoms with Crippen LogP contribution in [0.15, 0.2) is 59.8 Å². The highest BCUT2D eigenvalue weighted by Gasteiger charge is 2.38. The zero-order chi connectivity index (χ0) is 29.7. The van der Waals surface area contributed by atoms with Crippen molar-refractivity contribution in [2.75, 3.05) is 51.7 Å². The fourth-order valence-corrected chi connectivity index (χ4v) is 5.03. The first-order chi connectivity index (χ1) is 19.5. The smallest absolute Gasteiger partial charge is 0.416 e. The van der Waals surface area contributed by atoms with E-state index in [1.807, 2.05) is 31.2 Å². The van der Waals surface area contributed by atoms with E-state index < -0.39 is 29.8 Å². The highest BCUT2D eigenvalue weighted by Crippen LogP contribution is 2.33. The van der Waals surface area contributed by atoms with Gasteiger partial charge in [0, 0.05) is 51.2 Å². The molecule has 0 bridgehead atoms. The first-order valence-corrected chi connectivity index (χ1v) is 13.4. The van der Waals surface area contributed by atoms with E-state index in [0.717, 1.165) is 23.3 Å². The highest BCUT2D eigenvalue weighted by molar-refractivity contribution is 5.95. The van der Waals surface area contributed by atoms with E-state index >= 15 is 0 Å². The van der Waals surface area contributed by atoms with Gasteiger partial charge in [-0.1, -0.05) is 24.3 Å². The number of nitrogens with one attached hydrogen (secondary N) is 2. The van der Waals surface area contributed by atoms with Crippen LogP contribution in [0.4, 0.5) is 28.4 Å². The quantitative estimate of drug-likeness (QED) is 0.486. The number of amides is 4. The van der Waals surface area contributed by atoms with Gasteiger partial charge in [-0.25, -0.2) is 14.4 Å². The zero-order valence-corrected chi connectivity index (χ0v) is 23.3. The molecule has 1 fully saturated rings. The molecular weight excluding hydrogens is 539 g/mol. The molecular formula is C29H34F3N5O4. The molecule has 1 saturated heterocycles. The van der Waals surface area contributed by atoms with Gasteiger partial charge < -0.3 is 20.3 Å². The summed E-state index contributed by atoms with van der Waals surface area (Å²) in [6, 6.07) is 10.4. The maximum absolute atomic E-state index is 13.3. The monoisotopic (exact) mass is 573 g/mol. The fourth-order valence-electron chi connectivity index (χ4n) is 5.03. The van der Waals surface area contributed by atoms with Gasteiger partial charge in [-0.15, -0.1) is 0 Å². The van der Waals surface area contributed by atoms with E-state index in [9.17, 15) is 27.6 Å². The van der Waals surface area contributed by atoms with Crippen LogP contribution in [0, 0.1) is 6.92 Å². The predicted molar refractivity (Wildman–Crippen MR) is 147 cm³/mol. The van der Waals surface area contributed by atoms with Gasteiger partial charge in [-0.2, -0.15) is 13.2 Å². The summed E-state index contributed by atoms with van der Waals surface area (Å²) in [5, 5.41) is 5.60. The molecule has 2 N–H and O–H groups in total. The van der Waals surface area contributed by atoms with E-state index in [4.69, 9.17) is 4.74 Å². The van der Waals surface area contributed by atoms with Gasteiger partial charge >= 0.3 is 24.2 Å². The lowest BCUT2D eigenvalue weighted by Crippen LogP contribution is -2.49. The van der Waals surface area contributed by atoms with Crippen LogP contribution in [-0.4, -0.2) is 79.1 Å². The lowest BCUT2D eigenvalue weighted by Gasteiger charge is -2.37. The van der Waals surface area contributed by atoms with Crippen molar-refractivity contribution < 1.29 is 32.3 Å². The third-order valence-corrected chi connectivity index (χ3v) is 7.28. The number of nitrogens with zero attached hydrogens (tertiary/aromatic N) is 3. The summed E-state index contributed by atoms with van der Waals surface area (Å²) < 4.78 is 44.0. The number of halogens is 3. The maximum Gasteiger partial charge on any atom is 0.416 e. The molecule has 2 aromatic carbocycles. The Hall–Kier alpha value is -4.06. The van der Waals surface area contributed by atoms with Gasteiger partial charge in [0.15, 0.2) is 0 Å². The molecule has 0 radical (unpaired) electrons. The molecule has 4 amide bonds. The van der Waals surface area contributed by atoms with E-state index in [1.54, 1.807) is 18.9 Å². The maximum atomic E-state index is 13.3. The summed E-state index contributed by atoms with van der Waals surface area (Å²) in [6.07, 6.45) is -3.83. The molecule has 2 aliphatic rings. The summed E-state index contributed by atoms with van der Waals surface area (Å²) >= 11 is 0. The number of esters is 1. The minimum absolute atomic E-state index is 0.181. The van der Waals surface area contributed by atoms with Crippen molar-refractivity contribution in [3.05, 3.63) is 76.5 Å². The lowest BCUT2D eigenvalue weighted by atomic mass is 9.91. The molecule has 220 valence electrons. The van der Waals surface area contributed by atoms with Crippen molar-refractivity contribution in [3.63, 3.8) is 0 Å². The SMILES string of the molecule is CCOC(=O)C1=C(CN2CCCN(C(=O)Nc3ccc(C(F)(F)F)cc3)CC2)N(C)C(=O)N[C@H]1c1ccccc1C. The van der Waals surface area contributed by atoms with Crippen molar-refractivity contribution >= 4 is 23.7 Å². The van der Waals surface area contributed by atoms with Crippen molar-refractivity contribution in [2.45, 2.75) is 32.5 Å². The summed E-state index contributed by atoms with van der Waals surface area (Å²) in [5.41, 5.74) is 2.10. The van der Waals surface area contributed by atoms with Gasteiger partial charge in [-0.3, -0.25) is 9.80 Å². The Balaban J connectivity index is 1.51. The van der Waals surface area contributed by atoms with Gasteiger partial charge in [0.2, 0.25) is 0 Å². The molecule has 9 nitrogen and oxygen atoms in total. The van der Waals surface area contributed by atoms with Gasteiger partial charge in [0.05, 0.1) is 23.8 Å². The highest BCUT2D eigenvalue weighted by atomic mass is 19.4. The number of urea groups is 2. The van der Waals surface area contributed by atoms with Crippen molar-refractivity contribution in [1.82, 2.24) is 20.0 Å². The molecule has 4 rings (SSSR count). The molecule has 0 unspecified atom stereocenters. The molecule has 12 heteroatoms. The largest absolute Gasteiger partial charge is 0.463 e. The fraction of sp³-hybridized carbons (Fsp3) is 0.414. The Kier molecular flexibility index (Phi) is 9.21. The Labute approximate surface area is 236 Å². The molecule has 0 saturated carbocycles. The van der Waals surface area contributed by atoms with Crippen molar-refractivity contribution in [2.24, 2.45) is 0 Å². The zero-order valence-electron chi connectivity index (χ0n) is 23.3. The molecule has 41 heavy (non-hydrogen) atoms. The first-order valence-electron chi connectivity index (χ1n) is 13.4. The standard InChI is InChI=1S/C29H34F3N5O4/c1-4-41-26(38)24-23(35(3)27(39)34-25(24)22-9-6-5-8-19(22)2)18-36-14-7-15-37(17-16-36)28(40)33-21-12-10-20(11-13-21)29(30,31)32/h5-6,8-13,25H,4,7,14-18H2,1-3H3,(H,33,40)(H,34,39)/t25-/m0/s1. The number of hydrogen-bond acceptors (Lipinski definition) is 5. The van der Waals surface area contributed by atoms with Crippen molar-refractivity contribution in [1.29, 1.82) is 0 Å².